The van der Waals surface area contributed by atoms with Gasteiger partial charge in [0.2, 0.25) is 15.9 Å². The third kappa shape index (κ3) is 2.48. The molecule has 1 aromatic rings. The number of hydrogen-bond acceptors (Lipinski definition) is 4. The van der Waals surface area contributed by atoms with Crippen molar-refractivity contribution in [1.82, 2.24) is 4.31 Å². The summed E-state index contributed by atoms with van der Waals surface area (Å²) in [6.45, 7) is 1.91. The number of sulfonamides is 1. The molecule has 6 nitrogen and oxygen atoms in total. The van der Waals surface area contributed by atoms with Gasteiger partial charge in [-0.3, -0.25) is 4.79 Å². The number of anilines is 1. The van der Waals surface area contributed by atoms with Gasteiger partial charge in [0.25, 0.3) is 0 Å². The van der Waals surface area contributed by atoms with Crippen LogP contribution in [0.2, 0.25) is 5.02 Å². The minimum Gasteiger partial charge on any atom is -0.397 e. The van der Waals surface area contributed by atoms with Crippen molar-refractivity contribution in [2.75, 3.05) is 12.3 Å². The molecule has 0 spiro atoms. The van der Waals surface area contributed by atoms with Gasteiger partial charge in [0.1, 0.15) is 6.04 Å². The highest BCUT2D eigenvalue weighted by Crippen LogP contribution is 2.31. The summed E-state index contributed by atoms with van der Waals surface area (Å²) in [7, 11) is -3.81. The molecule has 0 aliphatic carbocycles. The first kappa shape index (κ1) is 15.1. The van der Waals surface area contributed by atoms with Crippen LogP contribution in [0.1, 0.15) is 18.4 Å². The Balaban J connectivity index is 2.50. The van der Waals surface area contributed by atoms with Gasteiger partial charge in [0.05, 0.1) is 15.6 Å². The fraction of sp³-hybridized carbons (Fsp3) is 0.417. The molecule has 2 rings (SSSR count). The van der Waals surface area contributed by atoms with Crippen molar-refractivity contribution in [1.29, 1.82) is 0 Å². The Morgan fingerprint density at radius 2 is 2.10 bits per heavy atom. The first-order chi connectivity index (χ1) is 9.25. The summed E-state index contributed by atoms with van der Waals surface area (Å²) < 4.78 is 26.5. The van der Waals surface area contributed by atoms with E-state index < -0.39 is 22.0 Å². The van der Waals surface area contributed by atoms with Crippen LogP contribution in [0.15, 0.2) is 17.0 Å². The molecule has 1 atom stereocenters. The zero-order chi connectivity index (χ0) is 15.1. The smallest absolute Gasteiger partial charge is 0.244 e. The third-order valence-corrected chi connectivity index (χ3v) is 5.79. The van der Waals surface area contributed by atoms with Gasteiger partial charge in [0.15, 0.2) is 0 Å². The molecule has 20 heavy (non-hydrogen) atoms. The predicted octanol–water partition coefficient (Wildman–Crippen LogP) is 0.869. The summed E-state index contributed by atoms with van der Waals surface area (Å²) in [6, 6.07) is 2.03. The molecule has 1 amide bonds. The van der Waals surface area contributed by atoms with Crippen LogP contribution < -0.4 is 11.5 Å². The van der Waals surface area contributed by atoms with Crippen LogP contribution in [-0.2, 0) is 14.8 Å². The fourth-order valence-corrected chi connectivity index (χ4v) is 4.51. The Morgan fingerprint density at radius 3 is 2.70 bits per heavy atom. The van der Waals surface area contributed by atoms with Gasteiger partial charge < -0.3 is 11.5 Å². The minimum atomic E-state index is -3.81. The van der Waals surface area contributed by atoms with E-state index in [9.17, 15) is 13.2 Å². The molecule has 0 radical (unpaired) electrons. The maximum absolute atomic E-state index is 12.7. The average molecular weight is 318 g/mol. The maximum Gasteiger partial charge on any atom is 0.244 e. The van der Waals surface area contributed by atoms with Crippen LogP contribution in [0.4, 0.5) is 5.69 Å². The molecule has 0 aromatic heterocycles. The number of aryl methyl sites for hydroxylation is 1. The maximum atomic E-state index is 12.7. The summed E-state index contributed by atoms with van der Waals surface area (Å²) in [5.41, 5.74) is 11.6. The topological polar surface area (TPSA) is 106 Å². The van der Waals surface area contributed by atoms with E-state index in [2.05, 4.69) is 0 Å². The molecule has 110 valence electrons. The molecule has 1 aliphatic heterocycles. The predicted molar refractivity (Wildman–Crippen MR) is 76.7 cm³/mol. The molecule has 0 saturated carbocycles. The SMILES string of the molecule is Cc1cc(Cl)c(N)cc1S(=O)(=O)N1CCCC1C(N)=O. The third-order valence-electron chi connectivity index (χ3n) is 3.41. The molecule has 1 saturated heterocycles. The summed E-state index contributed by atoms with van der Waals surface area (Å²) in [5, 5.41) is 0.300. The number of primary amides is 1. The first-order valence-electron chi connectivity index (χ1n) is 6.12. The summed E-state index contributed by atoms with van der Waals surface area (Å²) in [5.74, 6) is -0.634. The number of halogens is 1. The van der Waals surface area contributed by atoms with Crippen LogP contribution >= 0.6 is 11.6 Å². The number of nitrogens with zero attached hydrogens (tertiary/aromatic N) is 1. The monoisotopic (exact) mass is 317 g/mol. The average Bonchev–Trinajstić information content (AvgIpc) is 2.83. The van der Waals surface area contributed by atoms with Crippen molar-refractivity contribution in [3.63, 3.8) is 0 Å². The molecule has 1 aliphatic rings. The van der Waals surface area contributed by atoms with Gasteiger partial charge in [-0.2, -0.15) is 4.31 Å². The Hall–Kier alpha value is -1.31. The second kappa shape index (κ2) is 5.23. The van der Waals surface area contributed by atoms with E-state index >= 15 is 0 Å². The number of amides is 1. The van der Waals surface area contributed by atoms with Crippen LogP contribution in [0.5, 0.6) is 0 Å². The Morgan fingerprint density at radius 1 is 1.45 bits per heavy atom. The lowest BCUT2D eigenvalue weighted by Gasteiger charge is -2.23. The number of rotatable bonds is 3. The number of benzene rings is 1. The van der Waals surface area contributed by atoms with Gasteiger partial charge in [-0.25, -0.2) is 8.42 Å². The minimum absolute atomic E-state index is 0.0625. The summed E-state index contributed by atoms with van der Waals surface area (Å²) in [6.07, 6.45) is 1.05. The van der Waals surface area contributed by atoms with E-state index in [4.69, 9.17) is 23.1 Å². The van der Waals surface area contributed by atoms with Gasteiger partial charge in [0, 0.05) is 6.54 Å². The Kier molecular flexibility index (Phi) is 3.95. The lowest BCUT2D eigenvalue weighted by Crippen LogP contribution is -2.43. The largest absolute Gasteiger partial charge is 0.397 e. The van der Waals surface area contributed by atoms with Crippen molar-refractivity contribution >= 4 is 33.2 Å². The molecule has 8 heteroatoms. The van der Waals surface area contributed by atoms with E-state index in [-0.39, 0.29) is 17.1 Å². The molecular weight excluding hydrogens is 302 g/mol. The quantitative estimate of drug-likeness (QED) is 0.806. The highest BCUT2D eigenvalue weighted by atomic mass is 35.5. The van der Waals surface area contributed by atoms with Crippen molar-refractivity contribution in [3.8, 4) is 0 Å². The lowest BCUT2D eigenvalue weighted by atomic mass is 10.2. The number of nitrogens with two attached hydrogens (primary N) is 2. The van der Waals surface area contributed by atoms with Gasteiger partial charge in [-0.05, 0) is 37.5 Å². The van der Waals surface area contributed by atoms with Crippen LogP contribution in [0.25, 0.3) is 0 Å². The second-order valence-electron chi connectivity index (χ2n) is 4.82. The molecule has 1 unspecified atom stereocenters. The number of carbonyl (C=O) groups excluding carboxylic acids is 1. The van der Waals surface area contributed by atoms with Crippen LogP contribution in [0.3, 0.4) is 0 Å². The van der Waals surface area contributed by atoms with E-state index in [1.165, 1.54) is 12.1 Å². The highest BCUT2D eigenvalue weighted by Gasteiger charge is 2.39. The zero-order valence-corrected chi connectivity index (χ0v) is 12.5. The molecule has 4 N–H and O–H groups in total. The van der Waals surface area contributed by atoms with E-state index in [1.807, 2.05) is 0 Å². The van der Waals surface area contributed by atoms with Crippen molar-refractivity contribution < 1.29 is 13.2 Å². The second-order valence-corrected chi connectivity index (χ2v) is 7.08. The van der Waals surface area contributed by atoms with Crippen molar-refractivity contribution in [2.24, 2.45) is 5.73 Å². The Bertz CT molecular complexity index is 660. The molecule has 1 aromatic carbocycles. The van der Waals surface area contributed by atoms with Gasteiger partial charge in [-0.1, -0.05) is 11.6 Å². The Labute approximate surface area is 122 Å². The van der Waals surface area contributed by atoms with Crippen LogP contribution in [0, 0.1) is 6.92 Å². The molecular formula is C12H16ClN3O3S. The zero-order valence-electron chi connectivity index (χ0n) is 11.0. The summed E-state index contributed by atoms with van der Waals surface area (Å²) >= 11 is 5.87. The first-order valence-corrected chi connectivity index (χ1v) is 7.93. The molecule has 1 heterocycles. The van der Waals surface area contributed by atoms with E-state index in [1.54, 1.807) is 6.92 Å². The summed E-state index contributed by atoms with van der Waals surface area (Å²) in [4.78, 5) is 11.4. The number of carbonyl (C=O) groups is 1. The standard InChI is InChI=1S/C12H16ClN3O3S/c1-7-5-8(13)9(14)6-11(7)20(18,19)16-4-2-3-10(16)12(15)17/h5-6,10H,2-4,14H2,1H3,(H2,15,17). The van der Waals surface area contributed by atoms with Gasteiger partial charge >= 0.3 is 0 Å². The van der Waals surface area contributed by atoms with Crippen molar-refractivity contribution in [2.45, 2.75) is 30.7 Å². The molecule has 0 bridgehead atoms. The fourth-order valence-electron chi connectivity index (χ4n) is 2.38. The normalized spacial score (nSPS) is 20.2. The number of hydrogen-bond donors (Lipinski definition) is 2. The highest BCUT2D eigenvalue weighted by molar-refractivity contribution is 7.89. The molecule has 1 fully saturated rings. The lowest BCUT2D eigenvalue weighted by molar-refractivity contribution is -0.121. The van der Waals surface area contributed by atoms with Crippen LogP contribution in [-0.4, -0.2) is 31.2 Å². The van der Waals surface area contributed by atoms with Gasteiger partial charge in [-0.15, -0.1) is 0 Å². The van der Waals surface area contributed by atoms with Crippen molar-refractivity contribution in [3.05, 3.63) is 22.7 Å². The van der Waals surface area contributed by atoms with E-state index in [0.717, 1.165) is 4.31 Å². The number of nitrogen functional groups attached to an aromatic ring is 1. The van der Waals surface area contributed by atoms with E-state index in [0.29, 0.717) is 23.4 Å².